The fourth-order valence-electron chi connectivity index (χ4n) is 1.98. The molecule has 1 amide bonds. The Bertz CT molecular complexity index is 714. The van der Waals surface area contributed by atoms with E-state index in [2.05, 4.69) is 5.32 Å². The average Bonchev–Trinajstić information content (AvgIpc) is 3.04. The first-order chi connectivity index (χ1) is 11.3. The second-order valence-electron chi connectivity index (χ2n) is 5.16. The van der Waals surface area contributed by atoms with E-state index in [1.807, 2.05) is 17.5 Å². The topological polar surface area (TPSA) is 46.2 Å². The van der Waals surface area contributed by atoms with Crippen LogP contribution < -0.4 is 5.32 Å². The van der Waals surface area contributed by atoms with Gasteiger partial charge in [0.25, 0.3) is 0 Å². The van der Waals surface area contributed by atoms with Crippen LogP contribution in [0.5, 0.6) is 0 Å². The zero-order valence-electron chi connectivity index (χ0n) is 12.8. The van der Waals surface area contributed by atoms with Crippen LogP contribution in [0.3, 0.4) is 0 Å². The molecule has 1 aromatic carbocycles. The number of rotatable bonds is 6. The van der Waals surface area contributed by atoms with Gasteiger partial charge in [-0.1, -0.05) is 24.3 Å². The number of carbonyl (C=O) groups excluding carboxylic acids is 1. The Morgan fingerprint density at radius 1 is 1.29 bits per heavy atom. The molecule has 0 spiro atoms. The van der Waals surface area contributed by atoms with Crippen molar-refractivity contribution in [2.24, 2.45) is 0 Å². The van der Waals surface area contributed by atoms with Crippen molar-refractivity contribution in [3.63, 3.8) is 0 Å². The number of nitrogens with one attached hydrogen (secondary N) is 1. The van der Waals surface area contributed by atoms with Crippen LogP contribution in [-0.4, -0.2) is 15.4 Å². The molecule has 0 saturated carbocycles. The van der Waals surface area contributed by atoms with Crippen LogP contribution in [0.4, 0.5) is 13.2 Å². The molecule has 0 fully saturated rings. The van der Waals surface area contributed by atoms with Crippen LogP contribution in [-0.2, 0) is 34.1 Å². The minimum Gasteiger partial charge on any atom is -0.350 e. The second kappa shape index (κ2) is 7.94. The standard InChI is InChI=1S/C16H16F3NO2S2/c1-11(15(21)20-9-14-6-3-7-23-14)24(22)10-12-4-2-5-13(8-12)16(17,18)19/h2-8,11H,9-10H2,1H3,(H,20,21). The van der Waals surface area contributed by atoms with Crippen molar-refractivity contribution < 1.29 is 22.2 Å². The maximum absolute atomic E-state index is 12.7. The Morgan fingerprint density at radius 3 is 2.67 bits per heavy atom. The van der Waals surface area contributed by atoms with Crippen LogP contribution in [0.2, 0.25) is 0 Å². The Morgan fingerprint density at radius 2 is 2.04 bits per heavy atom. The number of benzene rings is 1. The van der Waals surface area contributed by atoms with Gasteiger partial charge in [0.05, 0.1) is 12.1 Å². The molecule has 0 aliphatic rings. The van der Waals surface area contributed by atoms with Gasteiger partial charge in [0.15, 0.2) is 0 Å². The monoisotopic (exact) mass is 375 g/mol. The molecule has 0 bridgehead atoms. The molecule has 2 unspecified atom stereocenters. The van der Waals surface area contributed by atoms with E-state index < -0.39 is 27.8 Å². The summed E-state index contributed by atoms with van der Waals surface area (Å²) in [6.45, 7) is 1.86. The average molecular weight is 375 g/mol. The number of halogens is 3. The summed E-state index contributed by atoms with van der Waals surface area (Å²) in [5, 5.41) is 3.77. The summed E-state index contributed by atoms with van der Waals surface area (Å²) in [6, 6.07) is 8.41. The predicted molar refractivity (Wildman–Crippen MR) is 88.9 cm³/mol. The lowest BCUT2D eigenvalue weighted by atomic mass is 10.1. The van der Waals surface area contributed by atoms with Gasteiger partial charge in [0.2, 0.25) is 5.91 Å². The highest BCUT2D eigenvalue weighted by molar-refractivity contribution is 7.85. The minimum absolute atomic E-state index is 0.0997. The van der Waals surface area contributed by atoms with Crippen molar-refractivity contribution in [1.82, 2.24) is 5.32 Å². The van der Waals surface area contributed by atoms with E-state index in [1.54, 1.807) is 0 Å². The largest absolute Gasteiger partial charge is 0.416 e. The summed E-state index contributed by atoms with van der Waals surface area (Å²) in [7, 11) is -1.61. The quantitative estimate of drug-likeness (QED) is 0.836. The van der Waals surface area contributed by atoms with Gasteiger partial charge in [-0.2, -0.15) is 13.2 Å². The summed E-state index contributed by atoms with van der Waals surface area (Å²) < 4.78 is 50.3. The molecule has 130 valence electrons. The smallest absolute Gasteiger partial charge is 0.350 e. The molecule has 0 aliphatic carbocycles. The number of amides is 1. The zero-order valence-corrected chi connectivity index (χ0v) is 14.4. The van der Waals surface area contributed by atoms with Crippen LogP contribution in [0.15, 0.2) is 41.8 Å². The van der Waals surface area contributed by atoms with Gasteiger partial charge in [-0.3, -0.25) is 9.00 Å². The van der Waals surface area contributed by atoms with E-state index >= 15 is 0 Å². The Balaban J connectivity index is 1.94. The molecule has 1 N–H and O–H groups in total. The van der Waals surface area contributed by atoms with Crippen LogP contribution >= 0.6 is 11.3 Å². The normalized spacial score (nSPS) is 14.2. The summed E-state index contributed by atoms with van der Waals surface area (Å²) in [5.41, 5.74) is -0.493. The Kier molecular flexibility index (Phi) is 6.17. The first-order valence-corrected chi connectivity index (χ1v) is 9.37. The number of thiophene rings is 1. The highest BCUT2D eigenvalue weighted by Gasteiger charge is 2.30. The fourth-order valence-corrected chi connectivity index (χ4v) is 3.70. The molecule has 1 heterocycles. The van der Waals surface area contributed by atoms with Gasteiger partial charge in [0, 0.05) is 21.4 Å². The van der Waals surface area contributed by atoms with Crippen LogP contribution in [0.25, 0.3) is 0 Å². The highest BCUT2D eigenvalue weighted by Crippen LogP contribution is 2.29. The van der Waals surface area contributed by atoms with E-state index in [0.29, 0.717) is 12.1 Å². The van der Waals surface area contributed by atoms with E-state index in [4.69, 9.17) is 0 Å². The molecule has 2 aromatic rings. The lowest BCUT2D eigenvalue weighted by Crippen LogP contribution is -2.35. The second-order valence-corrected chi connectivity index (χ2v) is 7.95. The van der Waals surface area contributed by atoms with Crippen molar-refractivity contribution in [3.05, 3.63) is 57.8 Å². The number of hydrogen-bond acceptors (Lipinski definition) is 3. The maximum Gasteiger partial charge on any atom is 0.416 e. The summed E-state index contributed by atoms with van der Waals surface area (Å²) in [5.74, 6) is -0.481. The van der Waals surface area contributed by atoms with Crippen molar-refractivity contribution in [1.29, 1.82) is 0 Å². The maximum atomic E-state index is 12.7. The third kappa shape index (κ3) is 5.17. The first kappa shape index (κ1) is 18.7. The van der Waals surface area contributed by atoms with Crippen molar-refractivity contribution in [3.8, 4) is 0 Å². The van der Waals surface area contributed by atoms with Gasteiger partial charge in [-0.15, -0.1) is 11.3 Å². The molecule has 2 rings (SSSR count). The van der Waals surface area contributed by atoms with Gasteiger partial charge >= 0.3 is 6.18 Å². The van der Waals surface area contributed by atoms with Gasteiger partial charge in [-0.05, 0) is 30.0 Å². The van der Waals surface area contributed by atoms with Crippen LogP contribution in [0.1, 0.15) is 22.9 Å². The van der Waals surface area contributed by atoms with Gasteiger partial charge < -0.3 is 5.32 Å². The van der Waals surface area contributed by atoms with Crippen LogP contribution in [0, 0.1) is 0 Å². The molecule has 0 saturated heterocycles. The minimum atomic E-state index is -4.44. The van der Waals surface area contributed by atoms with E-state index in [-0.39, 0.29) is 11.7 Å². The van der Waals surface area contributed by atoms with Gasteiger partial charge in [-0.25, -0.2) is 0 Å². The third-order valence-corrected chi connectivity index (χ3v) is 5.84. The van der Waals surface area contributed by atoms with E-state index in [1.165, 1.54) is 30.4 Å². The van der Waals surface area contributed by atoms with Crippen molar-refractivity contribution in [2.45, 2.75) is 30.6 Å². The number of alkyl halides is 3. The molecular formula is C16H16F3NO2S2. The molecule has 24 heavy (non-hydrogen) atoms. The van der Waals surface area contributed by atoms with Gasteiger partial charge in [0.1, 0.15) is 5.25 Å². The molecule has 1 aromatic heterocycles. The molecule has 0 radical (unpaired) electrons. The lowest BCUT2D eigenvalue weighted by Gasteiger charge is -2.13. The van der Waals surface area contributed by atoms with E-state index in [0.717, 1.165) is 17.0 Å². The Labute approximate surface area is 144 Å². The summed E-state index contributed by atoms with van der Waals surface area (Å²) in [6.07, 6.45) is -4.44. The SMILES string of the molecule is CC(C(=O)NCc1cccs1)S(=O)Cc1cccc(C(F)(F)F)c1. The molecular weight excluding hydrogens is 359 g/mol. The fraction of sp³-hybridized carbons (Fsp3) is 0.312. The van der Waals surface area contributed by atoms with Crippen molar-refractivity contribution >= 4 is 28.0 Å². The number of hydrogen-bond donors (Lipinski definition) is 1. The summed E-state index contributed by atoms with van der Waals surface area (Å²) in [4.78, 5) is 13.0. The zero-order chi connectivity index (χ0) is 17.7. The lowest BCUT2D eigenvalue weighted by molar-refractivity contribution is -0.137. The van der Waals surface area contributed by atoms with Crippen molar-refractivity contribution in [2.75, 3.05) is 0 Å². The molecule has 3 nitrogen and oxygen atoms in total. The highest BCUT2D eigenvalue weighted by atomic mass is 32.2. The van der Waals surface area contributed by atoms with E-state index in [9.17, 15) is 22.2 Å². The molecule has 2 atom stereocenters. The Hall–Kier alpha value is -1.67. The summed E-state index contributed by atoms with van der Waals surface area (Å²) >= 11 is 1.49. The number of carbonyl (C=O) groups is 1. The predicted octanol–water partition coefficient (Wildman–Crippen LogP) is 3.72. The first-order valence-electron chi connectivity index (χ1n) is 7.11. The molecule has 8 heteroatoms. The third-order valence-electron chi connectivity index (χ3n) is 3.34. The molecule has 0 aliphatic heterocycles.